The average Bonchev–Trinajstić information content (AvgIpc) is 3.45. The van der Waals surface area contributed by atoms with Gasteiger partial charge in [0.1, 0.15) is 0 Å². The lowest BCUT2D eigenvalue weighted by atomic mass is 10.1. The van der Waals surface area contributed by atoms with Crippen molar-refractivity contribution in [1.82, 2.24) is 24.9 Å². The summed E-state index contributed by atoms with van der Waals surface area (Å²) in [6.45, 7) is 5.70. The minimum Gasteiger partial charge on any atom is -0.340 e. The molecule has 32 heavy (non-hydrogen) atoms. The molecule has 5 rings (SSSR count). The van der Waals surface area contributed by atoms with Gasteiger partial charge in [0.15, 0.2) is 0 Å². The van der Waals surface area contributed by atoms with Gasteiger partial charge in [-0.15, -0.1) is 11.3 Å². The summed E-state index contributed by atoms with van der Waals surface area (Å²) in [7, 11) is 0. The number of piperazine rings is 1. The maximum absolute atomic E-state index is 12.7. The lowest BCUT2D eigenvalue weighted by Crippen LogP contribution is -2.48. The van der Waals surface area contributed by atoms with Crippen molar-refractivity contribution in [1.29, 1.82) is 0 Å². The zero-order valence-corrected chi connectivity index (χ0v) is 18.8. The lowest BCUT2D eigenvalue weighted by Gasteiger charge is -2.34. The third-order valence-corrected chi connectivity index (χ3v) is 6.85. The van der Waals surface area contributed by atoms with Gasteiger partial charge in [-0.1, -0.05) is 47.1 Å². The van der Waals surface area contributed by atoms with E-state index in [0.29, 0.717) is 31.1 Å². The van der Waals surface area contributed by atoms with Crippen LogP contribution in [0.1, 0.15) is 22.9 Å². The molecule has 0 atom stereocenters. The van der Waals surface area contributed by atoms with Crippen molar-refractivity contribution >= 4 is 27.5 Å². The molecule has 4 aromatic rings. The Hall–Kier alpha value is -3.10. The fraction of sp³-hybridized carbons (Fsp3) is 0.333. The summed E-state index contributed by atoms with van der Waals surface area (Å²) < 4.78 is 6.63. The highest BCUT2D eigenvalue weighted by Gasteiger charge is 2.23. The van der Waals surface area contributed by atoms with Crippen LogP contribution in [0.3, 0.4) is 0 Å². The highest BCUT2D eigenvalue weighted by molar-refractivity contribution is 7.18. The largest absolute Gasteiger partial charge is 0.340 e. The van der Waals surface area contributed by atoms with Gasteiger partial charge < -0.3 is 9.42 Å². The van der Waals surface area contributed by atoms with Crippen molar-refractivity contribution in [3.05, 3.63) is 65.0 Å². The van der Waals surface area contributed by atoms with Crippen LogP contribution < -0.4 is 0 Å². The van der Waals surface area contributed by atoms with Gasteiger partial charge in [-0.05, 0) is 19.1 Å². The molecule has 7 nitrogen and oxygen atoms in total. The standard InChI is InChI=1S/C24H25N5O2S/c1-17-6-8-18(9-7-17)24-26-21(31-27-24)16-28-12-14-29(15-13-28)23(30)11-10-22-25-19-4-2-3-5-20(19)32-22/h2-9H,10-16H2,1H3. The predicted molar refractivity (Wildman–Crippen MR) is 124 cm³/mol. The Kier molecular flexibility index (Phi) is 5.96. The molecule has 0 radical (unpaired) electrons. The van der Waals surface area contributed by atoms with E-state index in [2.05, 4.69) is 33.0 Å². The monoisotopic (exact) mass is 447 g/mol. The van der Waals surface area contributed by atoms with Crippen molar-refractivity contribution in [2.75, 3.05) is 26.2 Å². The minimum absolute atomic E-state index is 0.198. The third-order valence-electron chi connectivity index (χ3n) is 5.75. The van der Waals surface area contributed by atoms with Gasteiger partial charge in [0, 0.05) is 44.6 Å². The average molecular weight is 448 g/mol. The molecule has 8 heteroatoms. The van der Waals surface area contributed by atoms with Crippen LogP contribution in [0.4, 0.5) is 0 Å². The van der Waals surface area contributed by atoms with Gasteiger partial charge in [-0.3, -0.25) is 9.69 Å². The molecule has 0 N–H and O–H groups in total. The molecule has 2 aromatic carbocycles. The second-order valence-corrected chi connectivity index (χ2v) is 9.23. The van der Waals surface area contributed by atoms with E-state index in [9.17, 15) is 4.79 Å². The van der Waals surface area contributed by atoms with E-state index in [0.717, 1.165) is 42.3 Å². The Morgan fingerprint density at radius 2 is 1.81 bits per heavy atom. The van der Waals surface area contributed by atoms with Gasteiger partial charge in [0.05, 0.1) is 21.8 Å². The van der Waals surface area contributed by atoms with Crippen LogP contribution >= 0.6 is 11.3 Å². The number of fused-ring (bicyclic) bond motifs is 1. The number of rotatable bonds is 6. The first-order chi connectivity index (χ1) is 15.6. The van der Waals surface area contributed by atoms with Crippen molar-refractivity contribution in [3.8, 4) is 11.4 Å². The van der Waals surface area contributed by atoms with E-state index in [1.165, 1.54) is 10.3 Å². The number of nitrogens with zero attached hydrogens (tertiary/aromatic N) is 5. The summed E-state index contributed by atoms with van der Waals surface area (Å²) in [5.74, 6) is 1.42. The molecule has 1 saturated heterocycles. The number of amides is 1. The Morgan fingerprint density at radius 1 is 1.03 bits per heavy atom. The van der Waals surface area contributed by atoms with Crippen LogP contribution in [0.15, 0.2) is 53.1 Å². The van der Waals surface area contributed by atoms with Crippen molar-refractivity contribution in [2.45, 2.75) is 26.3 Å². The zero-order chi connectivity index (χ0) is 21.9. The first-order valence-corrected chi connectivity index (χ1v) is 11.7. The van der Waals surface area contributed by atoms with Gasteiger partial charge in [-0.25, -0.2) is 4.98 Å². The lowest BCUT2D eigenvalue weighted by molar-refractivity contribution is -0.133. The fourth-order valence-electron chi connectivity index (χ4n) is 3.88. The van der Waals surface area contributed by atoms with Crippen molar-refractivity contribution in [3.63, 3.8) is 0 Å². The van der Waals surface area contributed by atoms with Crippen molar-refractivity contribution < 1.29 is 9.32 Å². The molecular formula is C24H25N5O2S. The van der Waals surface area contributed by atoms with Gasteiger partial charge in [-0.2, -0.15) is 4.98 Å². The van der Waals surface area contributed by atoms with E-state index in [1.807, 2.05) is 47.4 Å². The van der Waals surface area contributed by atoms with Crippen molar-refractivity contribution in [2.24, 2.45) is 0 Å². The maximum atomic E-state index is 12.7. The number of para-hydroxylation sites is 1. The summed E-state index contributed by atoms with van der Waals surface area (Å²) in [6, 6.07) is 16.2. The van der Waals surface area contributed by atoms with E-state index in [-0.39, 0.29) is 5.91 Å². The first-order valence-electron chi connectivity index (χ1n) is 10.9. The van der Waals surface area contributed by atoms with Gasteiger partial charge in [0.2, 0.25) is 17.6 Å². The Morgan fingerprint density at radius 3 is 2.59 bits per heavy atom. The van der Waals surface area contributed by atoms with Crippen LogP contribution in [0.25, 0.3) is 21.6 Å². The van der Waals surface area contributed by atoms with E-state index < -0.39 is 0 Å². The number of carbonyl (C=O) groups is 1. The number of thiazole rings is 1. The summed E-state index contributed by atoms with van der Waals surface area (Å²) >= 11 is 1.68. The zero-order valence-electron chi connectivity index (χ0n) is 18.0. The molecule has 1 fully saturated rings. The molecular weight excluding hydrogens is 422 g/mol. The Labute approximate surface area is 190 Å². The molecule has 0 saturated carbocycles. The smallest absolute Gasteiger partial charge is 0.241 e. The molecule has 2 aromatic heterocycles. The highest BCUT2D eigenvalue weighted by Crippen LogP contribution is 2.23. The van der Waals surface area contributed by atoms with E-state index >= 15 is 0 Å². The number of hydrogen-bond acceptors (Lipinski definition) is 7. The molecule has 3 heterocycles. The topological polar surface area (TPSA) is 75.4 Å². The molecule has 1 aliphatic rings. The summed E-state index contributed by atoms with van der Waals surface area (Å²) in [5, 5.41) is 5.14. The fourth-order valence-corrected chi connectivity index (χ4v) is 4.85. The second kappa shape index (κ2) is 9.18. The van der Waals surface area contributed by atoms with Crippen LogP contribution in [0, 0.1) is 6.92 Å². The van der Waals surface area contributed by atoms with Crippen LogP contribution in [-0.2, 0) is 17.8 Å². The predicted octanol–water partition coefficient (Wildman–Crippen LogP) is 3.93. The maximum Gasteiger partial charge on any atom is 0.241 e. The summed E-state index contributed by atoms with van der Waals surface area (Å²) in [4.78, 5) is 26.1. The van der Waals surface area contributed by atoms with Gasteiger partial charge in [0.25, 0.3) is 0 Å². The Balaban J connectivity index is 1.10. The molecule has 0 bridgehead atoms. The third kappa shape index (κ3) is 4.71. The van der Waals surface area contributed by atoms with Crippen LogP contribution in [0.5, 0.6) is 0 Å². The number of hydrogen-bond donors (Lipinski definition) is 0. The normalized spacial score (nSPS) is 14.8. The molecule has 0 unspecified atom stereocenters. The van der Waals surface area contributed by atoms with Gasteiger partial charge >= 0.3 is 0 Å². The molecule has 0 spiro atoms. The highest BCUT2D eigenvalue weighted by atomic mass is 32.1. The molecule has 164 valence electrons. The number of carbonyl (C=O) groups excluding carboxylic acids is 1. The van der Waals surface area contributed by atoms with E-state index in [4.69, 9.17) is 4.52 Å². The summed E-state index contributed by atoms with van der Waals surface area (Å²) in [5.41, 5.74) is 3.17. The molecule has 0 aliphatic carbocycles. The van der Waals surface area contributed by atoms with E-state index in [1.54, 1.807) is 11.3 Å². The SMILES string of the molecule is Cc1ccc(-c2noc(CN3CCN(C(=O)CCc4nc5ccccc5s4)CC3)n2)cc1. The Bertz CT molecular complexity index is 1180. The summed E-state index contributed by atoms with van der Waals surface area (Å²) in [6.07, 6.45) is 1.20. The number of aromatic nitrogens is 3. The van der Waals surface area contributed by atoms with Crippen LogP contribution in [0.2, 0.25) is 0 Å². The number of benzene rings is 2. The first kappa shape index (κ1) is 20.8. The minimum atomic E-state index is 0.198. The molecule has 1 aliphatic heterocycles. The second-order valence-electron chi connectivity index (χ2n) is 8.11. The number of aryl methyl sites for hydroxylation is 2. The van der Waals surface area contributed by atoms with Crippen LogP contribution in [-0.4, -0.2) is 57.0 Å². The quantitative estimate of drug-likeness (QED) is 0.446. The molecule has 1 amide bonds.